The molecule has 10 nitrogen and oxygen atoms in total. The number of ether oxygens (including phenoxy) is 1. The summed E-state index contributed by atoms with van der Waals surface area (Å²) in [5, 5.41) is 2.83. The van der Waals surface area contributed by atoms with Gasteiger partial charge in [0.15, 0.2) is 0 Å². The van der Waals surface area contributed by atoms with Gasteiger partial charge < -0.3 is 24.8 Å². The number of hydrogen-bond donors (Lipinski definition) is 2. The number of piperazine rings is 1. The van der Waals surface area contributed by atoms with Crippen LogP contribution in [-0.2, 0) is 22.5 Å². The van der Waals surface area contributed by atoms with E-state index in [0.717, 1.165) is 50.3 Å². The van der Waals surface area contributed by atoms with Crippen LogP contribution in [0.1, 0.15) is 11.1 Å². The van der Waals surface area contributed by atoms with Crippen molar-refractivity contribution in [3.8, 4) is 0 Å². The van der Waals surface area contributed by atoms with Crippen molar-refractivity contribution >= 4 is 23.0 Å². The third-order valence-electron chi connectivity index (χ3n) is 7.14. The molecule has 0 bridgehead atoms. The molecule has 10 heteroatoms. The zero-order valence-electron chi connectivity index (χ0n) is 21.0. The number of aromatic amines is 1. The molecule has 0 spiro atoms. The fourth-order valence-electron chi connectivity index (χ4n) is 4.92. The van der Waals surface area contributed by atoms with Crippen LogP contribution in [0.15, 0.2) is 53.3 Å². The van der Waals surface area contributed by atoms with Gasteiger partial charge in [0.1, 0.15) is 0 Å². The number of aromatic nitrogens is 2. The molecule has 0 radical (unpaired) electrons. The number of morpholine rings is 1. The Morgan fingerprint density at radius 1 is 0.892 bits per heavy atom. The summed E-state index contributed by atoms with van der Waals surface area (Å²) in [6.45, 7) is 7.90. The molecule has 37 heavy (non-hydrogen) atoms. The van der Waals surface area contributed by atoms with E-state index in [0.29, 0.717) is 50.4 Å². The van der Waals surface area contributed by atoms with Gasteiger partial charge in [0.05, 0.1) is 30.8 Å². The van der Waals surface area contributed by atoms with Crippen LogP contribution in [0, 0.1) is 0 Å². The highest BCUT2D eigenvalue weighted by molar-refractivity contribution is 5.89. The molecule has 2 fully saturated rings. The van der Waals surface area contributed by atoms with Crippen LogP contribution < -0.4 is 11.0 Å². The lowest BCUT2D eigenvalue weighted by atomic mass is 10.1. The van der Waals surface area contributed by atoms with Gasteiger partial charge in [-0.15, -0.1) is 0 Å². The first-order valence-corrected chi connectivity index (χ1v) is 12.9. The maximum Gasteiger partial charge on any atom is 0.334 e. The molecule has 5 rings (SSSR count). The molecule has 196 valence electrons. The Morgan fingerprint density at radius 2 is 1.62 bits per heavy atom. The number of carbonyl (C=O) groups excluding carboxylic acids is 2. The van der Waals surface area contributed by atoms with Crippen molar-refractivity contribution in [2.75, 3.05) is 65.6 Å². The number of nitrogens with one attached hydrogen (secondary N) is 2. The fraction of sp³-hybridized carbons (Fsp3) is 0.444. The zero-order valence-corrected chi connectivity index (χ0v) is 21.0. The second kappa shape index (κ2) is 11.7. The summed E-state index contributed by atoms with van der Waals surface area (Å²) in [5.74, 6) is 0.190. The van der Waals surface area contributed by atoms with Gasteiger partial charge in [-0.25, -0.2) is 14.2 Å². The molecule has 2 aliphatic rings. The lowest BCUT2D eigenvalue weighted by Crippen LogP contribution is -2.51. The van der Waals surface area contributed by atoms with Gasteiger partial charge in [-0.05, 0) is 29.7 Å². The molecule has 3 aromatic rings. The van der Waals surface area contributed by atoms with Gasteiger partial charge in [0.25, 0.3) is 0 Å². The van der Waals surface area contributed by atoms with Crippen molar-refractivity contribution in [1.82, 2.24) is 29.6 Å². The maximum atomic E-state index is 12.8. The first-order chi connectivity index (χ1) is 18.1. The zero-order chi connectivity index (χ0) is 25.6. The Morgan fingerprint density at radius 3 is 2.38 bits per heavy atom. The van der Waals surface area contributed by atoms with Crippen LogP contribution in [0.4, 0.5) is 4.79 Å². The number of H-pyrrole nitrogens is 1. The summed E-state index contributed by atoms with van der Waals surface area (Å²) in [7, 11) is 0. The predicted octanol–water partition coefficient (Wildman–Crippen LogP) is 1.11. The van der Waals surface area contributed by atoms with Gasteiger partial charge in [-0.2, -0.15) is 0 Å². The second-order valence-electron chi connectivity index (χ2n) is 9.62. The third-order valence-corrected chi connectivity index (χ3v) is 7.14. The van der Waals surface area contributed by atoms with E-state index in [4.69, 9.17) is 4.74 Å². The van der Waals surface area contributed by atoms with Crippen molar-refractivity contribution < 1.29 is 14.3 Å². The largest absolute Gasteiger partial charge is 0.378 e. The van der Waals surface area contributed by atoms with Crippen LogP contribution in [0.5, 0.6) is 0 Å². The molecule has 2 aliphatic heterocycles. The summed E-state index contributed by atoms with van der Waals surface area (Å²) < 4.78 is 6.51. The molecule has 2 N–H and O–H groups in total. The highest BCUT2D eigenvalue weighted by atomic mass is 16.5. The van der Waals surface area contributed by atoms with E-state index >= 15 is 0 Å². The van der Waals surface area contributed by atoms with E-state index in [2.05, 4.69) is 20.1 Å². The van der Waals surface area contributed by atoms with Crippen molar-refractivity contribution in [3.63, 3.8) is 0 Å². The maximum absolute atomic E-state index is 12.8. The molecule has 1 aromatic heterocycles. The highest BCUT2D eigenvalue weighted by Gasteiger charge is 2.23. The minimum absolute atomic E-state index is 0.190. The minimum atomic E-state index is -0.444. The van der Waals surface area contributed by atoms with E-state index in [-0.39, 0.29) is 5.91 Å². The lowest BCUT2D eigenvalue weighted by Gasteiger charge is -2.36. The van der Waals surface area contributed by atoms with Gasteiger partial charge in [0.2, 0.25) is 5.91 Å². The number of benzene rings is 2. The second-order valence-corrected chi connectivity index (χ2v) is 9.62. The van der Waals surface area contributed by atoms with Gasteiger partial charge >= 0.3 is 11.7 Å². The van der Waals surface area contributed by atoms with Crippen molar-refractivity contribution in [2.45, 2.75) is 13.0 Å². The Kier molecular flexibility index (Phi) is 7.98. The van der Waals surface area contributed by atoms with Crippen molar-refractivity contribution in [3.05, 3.63) is 70.1 Å². The van der Waals surface area contributed by atoms with Crippen LogP contribution >= 0.6 is 0 Å². The first kappa shape index (κ1) is 25.2. The number of imidazole rings is 1. The smallest absolute Gasteiger partial charge is 0.334 e. The molecule has 0 atom stereocenters. The van der Waals surface area contributed by atoms with E-state index < -0.39 is 11.7 Å². The molecule has 3 heterocycles. The number of rotatable bonds is 7. The Labute approximate surface area is 215 Å². The minimum Gasteiger partial charge on any atom is -0.378 e. The van der Waals surface area contributed by atoms with Crippen LogP contribution in [0.25, 0.3) is 11.0 Å². The van der Waals surface area contributed by atoms with Crippen LogP contribution in [-0.4, -0.2) is 102 Å². The number of hydrogen-bond acceptors (Lipinski definition) is 6. The summed E-state index contributed by atoms with van der Waals surface area (Å²) >= 11 is 0. The quantitative estimate of drug-likeness (QED) is 0.498. The topological polar surface area (TPSA) is 103 Å². The van der Waals surface area contributed by atoms with Crippen molar-refractivity contribution in [1.29, 1.82) is 0 Å². The Bertz CT molecular complexity index is 1270. The number of carbonyl (C=O) groups is 2. The summed E-state index contributed by atoms with van der Waals surface area (Å²) in [5.41, 5.74) is 2.82. The lowest BCUT2D eigenvalue weighted by molar-refractivity contribution is -0.136. The molecule has 0 aliphatic carbocycles. The average molecular weight is 507 g/mol. The van der Waals surface area contributed by atoms with E-state index in [1.807, 2.05) is 53.4 Å². The van der Waals surface area contributed by atoms with Gasteiger partial charge in [-0.1, -0.05) is 36.4 Å². The van der Waals surface area contributed by atoms with E-state index in [9.17, 15) is 14.4 Å². The summed E-state index contributed by atoms with van der Waals surface area (Å²) in [4.78, 5) is 47.2. The number of amides is 2. The van der Waals surface area contributed by atoms with E-state index in [1.165, 1.54) is 4.57 Å². The van der Waals surface area contributed by atoms with Gasteiger partial charge in [0, 0.05) is 52.4 Å². The summed E-state index contributed by atoms with van der Waals surface area (Å²) in [6, 6.07) is 14.9. The molecular formula is C27H34N6O4. The Balaban J connectivity index is 1.14. The standard InChI is InChI=1S/C27H34N6O4/c34-25(32-14-16-37-17-15-32)20-31-12-10-30(11-13-31)9-8-21-6-7-23-24(18-21)33(27(36)29-23)26(35)28-19-22-4-2-1-3-5-22/h1-7,18H,8-17,19-20H2,(H,28,35)(H,29,36). The highest BCUT2D eigenvalue weighted by Crippen LogP contribution is 2.15. The van der Waals surface area contributed by atoms with Gasteiger partial charge in [-0.3, -0.25) is 9.69 Å². The van der Waals surface area contributed by atoms with Crippen LogP contribution in [0.2, 0.25) is 0 Å². The number of fused-ring (bicyclic) bond motifs is 1. The van der Waals surface area contributed by atoms with Crippen molar-refractivity contribution in [2.24, 2.45) is 0 Å². The average Bonchev–Trinajstić information content (AvgIpc) is 3.27. The molecule has 0 unspecified atom stereocenters. The van der Waals surface area contributed by atoms with Crippen LogP contribution in [0.3, 0.4) is 0 Å². The first-order valence-electron chi connectivity index (χ1n) is 12.9. The molecule has 2 saturated heterocycles. The molecular weight excluding hydrogens is 472 g/mol. The predicted molar refractivity (Wildman–Crippen MR) is 141 cm³/mol. The Hall–Kier alpha value is -3.47. The molecule has 2 amide bonds. The molecule has 2 aromatic carbocycles. The fourth-order valence-corrected chi connectivity index (χ4v) is 4.92. The third kappa shape index (κ3) is 6.27. The monoisotopic (exact) mass is 506 g/mol. The van der Waals surface area contributed by atoms with E-state index in [1.54, 1.807) is 0 Å². The SMILES string of the molecule is O=C(CN1CCN(CCc2ccc3[nH]c(=O)n(C(=O)NCc4ccccc4)c3c2)CC1)N1CCOCC1. The molecule has 0 saturated carbocycles. The number of nitrogens with zero attached hydrogens (tertiary/aromatic N) is 4. The summed E-state index contributed by atoms with van der Waals surface area (Å²) in [6.07, 6.45) is 0.813. The normalized spacial score (nSPS) is 17.2.